The molecule has 0 amide bonds. The summed E-state index contributed by atoms with van der Waals surface area (Å²) in [5, 5.41) is 0. The van der Waals surface area contributed by atoms with Gasteiger partial charge in [-0.15, -0.1) is 0 Å². The summed E-state index contributed by atoms with van der Waals surface area (Å²) in [4.78, 5) is 4.25. The van der Waals surface area contributed by atoms with E-state index in [2.05, 4.69) is 4.72 Å². The Morgan fingerprint density at radius 3 is 2.33 bits per heavy atom. The van der Waals surface area contributed by atoms with E-state index in [4.69, 9.17) is 4.98 Å². The summed E-state index contributed by atoms with van der Waals surface area (Å²) >= 11 is 0. The van der Waals surface area contributed by atoms with Crippen LogP contribution in [0.15, 0.2) is 71.6 Å². The second-order valence-corrected chi connectivity index (χ2v) is 8.71. The summed E-state index contributed by atoms with van der Waals surface area (Å²) in [7, 11) is -4.06. The average molecular weight is 427 g/mol. The Kier molecular flexibility index (Phi) is 5.36. The van der Waals surface area contributed by atoms with Crippen LogP contribution >= 0.6 is 0 Å². The van der Waals surface area contributed by atoms with Gasteiger partial charge in [-0.05, 0) is 31.2 Å². The molecule has 3 aromatic carbocycles. The van der Waals surface area contributed by atoms with E-state index in [9.17, 15) is 17.2 Å². The smallest absolute Gasteiger partial charge is 0.240 e. The standard InChI is InChI=1S/C22H19F2N3O2S/c1-15-6-8-16(9-7-15)22-26-20-4-2-3-5-21(20)27(22)11-10-25-30(28,29)19-13-17(23)12-18(24)14-19/h2-9,12-14,25H,10-11H2,1H3. The van der Waals surface area contributed by atoms with Gasteiger partial charge in [-0.1, -0.05) is 42.0 Å². The number of aryl methyl sites for hydroxylation is 1. The van der Waals surface area contributed by atoms with Crippen LogP contribution in [0.3, 0.4) is 0 Å². The fraction of sp³-hybridized carbons (Fsp3) is 0.136. The molecule has 0 saturated carbocycles. The number of rotatable bonds is 6. The SMILES string of the molecule is Cc1ccc(-c2nc3ccccc3n2CCNS(=O)(=O)c2cc(F)cc(F)c2)cc1. The quantitative estimate of drug-likeness (QED) is 0.500. The van der Waals surface area contributed by atoms with Crippen molar-refractivity contribution in [1.29, 1.82) is 0 Å². The molecule has 5 nitrogen and oxygen atoms in total. The molecular formula is C22H19F2N3O2S. The van der Waals surface area contributed by atoms with Crippen molar-refractivity contribution in [1.82, 2.24) is 14.3 Å². The Balaban J connectivity index is 1.62. The lowest BCUT2D eigenvalue weighted by Gasteiger charge is -2.11. The fourth-order valence-electron chi connectivity index (χ4n) is 3.28. The third kappa shape index (κ3) is 4.10. The number of sulfonamides is 1. The minimum absolute atomic E-state index is 0.0275. The summed E-state index contributed by atoms with van der Waals surface area (Å²) in [6.45, 7) is 2.32. The number of benzene rings is 3. The van der Waals surface area contributed by atoms with Gasteiger partial charge in [0.05, 0.1) is 15.9 Å². The number of imidazole rings is 1. The molecule has 0 aliphatic carbocycles. The van der Waals surface area contributed by atoms with Gasteiger partial charge in [-0.2, -0.15) is 0 Å². The highest BCUT2D eigenvalue weighted by Crippen LogP contribution is 2.25. The molecule has 154 valence electrons. The van der Waals surface area contributed by atoms with Crippen molar-refractivity contribution >= 4 is 21.1 Å². The van der Waals surface area contributed by atoms with Crippen LogP contribution in [0.25, 0.3) is 22.4 Å². The predicted molar refractivity (Wildman–Crippen MR) is 111 cm³/mol. The highest BCUT2D eigenvalue weighted by atomic mass is 32.2. The number of nitrogens with one attached hydrogen (secondary N) is 1. The predicted octanol–water partition coefficient (Wildman–Crippen LogP) is 4.27. The van der Waals surface area contributed by atoms with Crippen LogP contribution in [0.5, 0.6) is 0 Å². The van der Waals surface area contributed by atoms with Crippen LogP contribution in [0.2, 0.25) is 0 Å². The number of nitrogens with zero attached hydrogens (tertiary/aromatic N) is 2. The van der Waals surface area contributed by atoms with E-state index in [-0.39, 0.29) is 6.54 Å². The first kappa shape index (κ1) is 20.2. The molecule has 0 aliphatic rings. The van der Waals surface area contributed by atoms with Crippen molar-refractivity contribution in [2.75, 3.05) is 6.54 Å². The maximum atomic E-state index is 13.4. The van der Waals surface area contributed by atoms with E-state index >= 15 is 0 Å². The van der Waals surface area contributed by atoms with Gasteiger partial charge in [0.15, 0.2) is 0 Å². The first-order valence-electron chi connectivity index (χ1n) is 9.31. The van der Waals surface area contributed by atoms with Crippen molar-refractivity contribution < 1.29 is 17.2 Å². The van der Waals surface area contributed by atoms with E-state index in [0.717, 1.165) is 34.3 Å². The third-order valence-corrected chi connectivity index (χ3v) is 6.18. The molecule has 0 atom stereocenters. The number of aromatic nitrogens is 2. The van der Waals surface area contributed by atoms with Crippen LogP contribution in [-0.2, 0) is 16.6 Å². The van der Waals surface area contributed by atoms with Crippen LogP contribution in [-0.4, -0.2) is 24.5 Å². The van der Waals surface area contributed by atoms with Gasteiger partial charge in [0.2, 0.25) is 10.0 Å². The molecule has 0 unspecified atom stereocenters. The van der Waals surface area contributed by atoms with E-state index in [1.807, 2.05) is 60.0 Å². The second kappa shape index (κ2) is 7.97. The molecule has 30 heavy (non-hydrogen) atoms. The first-order valence-corrected chi connectivity index (χ1v) is 10.8. The van der Waals surface area contributed by atoms with Crippen molar-refractivity contribution in [3.8, 4) is 11.4 Å². The third-order valence-electron chi connectivity index (χ3n) is 4.74. The van der Waals surface area contributed by atoms with E-state index in [1.165, 1.54) is 0 Å². The Labute approximate surface area is 173 Å². The van der Waals surface area contributed by atoms with E-state index in [0.29, 0.717) is 18.4 Å². The lowest BCUT2D eigenvalue weighted by atomic mass is 10.1. The number of halogens is 2. The zero-order chi connectivity index (χ0) is 21.3. The number of fused-ring (bicyclic) bond motifs is 1. The zero-order valence-electron chi connectivity index (χ0n) is 16.1. The molecule has 4 aromatic rings. The first-order chi connectivity index (χ1) is 14.3. The number of hydrogen-bond acceptors (Lipinski definition) is 3. The van der Waals surface area contributed by atoms with Gasteiger partial charge < -0.3 is 4.57 Å². The Bertz CT molecular complexity index is 1300. The summed E-state index contributed by atoms with van der Waals surface area (Å²) < 4.78 is 56.0. The van der Waals surface area contributed by atoms with Crippen LogP contribution in [0.4, 0.5) is 8.78 Å². The molecule has 1 N–H and O–H groups in total. The number of hydrogen-bond donors (Lipinski definition) is 1. The molecule has 1 aromatic heterocycles. The zero-order valence-corrected chi connectivity index (χ0v) is 17.0. The van der Waals surface area contributed by atoms with E-state index < -0.39 is 26.6 Å². The Morgan fingerprint density at radius 1 is 0.967 bits per heavy atom. The van der Waals surface area contributed by atoms with Crippen LogP contribution < -0.4 is 4.72 Å². The van der Waals surface area contributed by atoms with E-state index in [1.54, 1.807) is 0 Å². The largest absolute Gasteiger partial charge is 0.323 e. The van der Waals surface area contributed by atoms with Crippen molar-refractivity contribution in [2.24, 2.45) is 0 Å². The molecule has 0 saturated heterocycles. The summed E-state index contributed by atoms with van der Waals surface area (Å²) in [6, 6.07) is 17.7. The molecular weight excluding hydrogens is 408 g/mol. The highest BCUT2D eigenvalue weighted by Gasteiger charge is 2.17. The second-order valence-electron chi connectivity index (χ2n) is 6.94. The molecule has 0 aliphatic heterocycles. The molecule has 1 heterocycles. The maximum absolute atomic E-state index is 13.4. The normalized spacial score (nSPS) is 11.8. The van der Waals surface area contributed by atoms with Gasteiger partial charge in [0.1, 0.15) is 17.5 Å². The van der Waals surface area contributed by atoms with Crippen molar-refractivity contribution in [3.05, 3.63) is 83.9 Å². The molecule has 0 bridgehead atoms. The fourth-order valence-corrected chi connectivity index (χ4v) is 4.35. The lowest BCUT2D eigenvalue weighted by molar-refractivity contribution is 0.558. The summed E-state index contributed by atoms with van der Waals surface area (Å²) in [6.07, 6.45) is 0. The average Bonchev–Trinajstić information content (AvgIpc) is 3.06. The molecule has 0 fully saturated rings. The molecule has 8 heteroatoms. The van der Waals surface area contributed by atoms with Gasteiger partial charge in [0.25, 0.3) is 0 Å². The minimum atomic E-state index is -4.06. The summed E-state index contributed by atoms with van der Waals surface area (Å²) in [5.74, 6) is -1.18. The highest BCUT2D eigenvalue weighted by molar-refractivity contribution is 7.89. The maximum Gasteiger partial charge on any atom is 0.240 e. The Hall–Kier alpha value is -3.10. The monoisotopic (exact) mass is 427 g/mol. The molecule has 4 rings (SSSR count). The van der Waals surface area contributed by atoms with Crippen molar-refractivity contribution in [3.63, 3.8) is 0 Å². The van der Waals surface area contributed by atoms with Crippen molar-refractivity contribution in [2.45, 2.75) is 18.4 Å². The molecule has 0 spiro atoms. The lowest BCUT2D eigenvalue weighted by Crippen LogP contribution is -2.27. The van der Waals surface area contributed by atoms with Crippen LogP contribution in [0, 0.1) is 18.6 Å². The summed E-state index contributed by atoms with van der Waals surface area (Å²) in [5.41, 5.74) is 3.69. The topological polar surface area (TPSA) is 64.0 Å². The van der Waals surface area contributed by atoms with Gasteiger partial charge in [-0.25, -0.2) is 26.9 Å². The van der Waals surface area contributed by atoms with Gasteiger partial charge in [0, 0.05) is 24.7 Å². The van der Waals surface area contributed by atoms with Crippen LogP contribution in [0.1, 0.15) is 5.56 Å². The molecule has 0 radical (unpaired) electrons. The number of para-hydroxylation sites is 2. The Morgan fingerprint density at radius 2 is 1.63 bits per heavy atom. The van der Waals surface area contributed by atoms with Gasteiger partial charge in [-0.3, -0.25) is 0 Å². The van der Waals surface area contributed by atoms with Gasteiger partial charge >= 0.3 is 0 Å². The minimum Gasteiger partial charge on any atom is -0.323 e.